The maximum Gasteiger partial charge on any atom is 0.305 e. The molecule has 3 aromatic carbocycles. The van der Waals surface area contributed by atoms with E-state index in [1.54, 1.807) is 18.2 Å². The summed E-state index contributed by atoms with van der Waals surface area (Å²) >= 11 is 12.6. The number of aromatic nitrogens is 3. The van der Waals surface area contributed by atoms with E-state index in [2.05, 4.69) is 5.32 Å². The van der Waals surface area contributed by atoms with Crippen LogP contribution >= 0.6 is 23.2 Å². The molecule has 0 aliphatic heterocycles. The lowest BCUT2D eigenvalue weighted by molar-refractivity contribution is -0.136. The number of rotatable bonds is 8. The second kappa shape index (κ2) is 11.3. The molecular formula is C30H24Cl2N4O3. The van der Waals surface area contributed by atoms with Crippen molar-refractivity contribution < 1.29 is 14.7 Å². The number of carbonyl (C=O) groups is 2. The number of carbonyl (C=O) groups excluding carboxylic acids is 1. The highest BCUT2D eigenvalue weighted by Gasteiger charge is 2.20. The van der Waals surface area contributed by atoms with Gasteiger partial charge < -0.3 is 10.4 Å². The normalized spacial score (nSPS) is 11.9. The van der Waals surface area contributed by atoms with Gasteiger partial charge in [0.15, 0.2) is 0 Å². The first-order valence-corrected chi connectivity index (χ1v) is 13.1. The Bertz CT molecular complexity index is 1660. The van der Waals surface area contributed by atoms with Gasteiger partial charge in [0.2, 0.25) is 0 Å². The Hall–Kier alpha value is -4.20. The molecule has 0 aliphatic carbocycles. The SMILES string of the molecule is CC(c1ccc(C(=O)NCCC(=O)O)cc1)n1nc(-c2cc(Cl)cc(Cl)c2)cc1-c1ccc2ccccc2n1. The van der Waals surface area contributed by atoms with Gasteiger partial charge in [0.05, 0.1) is 35.1 Å². The number of nitrogens with zero attached hydrogens (tertiary/aromatic N) is 3. The first-order valence-electron chi connectivity index (χ1n) is 12.3. The summed E-state index contributed by atoms with van der Waals surface area (Å²) in [6.45, 7) is 2.09. The van der Waals surface area contributed by atoms with Gasteiger partial charge in [-0.2, -0.15) is 5.10 Å². The van der Waals surface area contributed by atoms with E-state index in [1.807, 2.05) is 78.3 Å². The number of hydrogen-bond acceptors (Lipinski definition) is 4. The number of hydrogen-bond donors (Lipinski definition) is 2. The quantitative estimate of drug-likeness (QED) is 0.216. The Morgan fingerprint density at radius 3 is 2.36 bits per heavy atom. The molecule has 0 saturated carbocycles. The molecule has 0 saturated heterocycles. The molecule has 7 nitrogen and oxygen atoms in total. The number of carboxylic acids is 1. The van der Waals surface area contributed by atoms with E-state index < -0.39 is 5.97 Å². The highest BCUT2D eigenvalue weighted by atomic mass is 35.5. The average molecular weight is 559 g/mol. The van der Waals surface area contributed by atoms with Crippen molar-refractivity contribution in [2.75, 3.05) is 6.54 Å². The van der Waals surface area contributed by atoms with Gasteiger partial charge in [0.25, 0.3) is 5.91 Å². The predicted molar refractivity (Wildman–Crippen MR) is 153 cm³/mol. The Morgan fingerprint density at radius 1 is 0.923 bits per heavy atom. The van der Waals surface area contributed by atoms with Crippen LogP contribution in [0.25, 0.3) is 33.5 Å². The number of pyridine rings is 1. The van der Waals surface area contributed by atoms with Crippen LogP contribution in [0.5, 0.6) is 0 Å². The fraction of sp³-hybridized carbons (Fsp3) is 0.133. The van der Waals surface area contributed by atoms with Gasteiger partial charge in [-0.1, -0.05) is 59.6 Å². The van der Waals surface area contributed by atoms with Crippen LogP contribution < -0.4 is 5.32 Å². The average Bonchev–Trinajstić information content (AvgIpc) is 3.37. The molecule has 1 unspecified atom stereocenters. The molecule has 196 valence electrons. The predicted octanol–water partition coefficient (Wildman–Crippen LogP) is 6.89. The molecule has 0 aliphatic rings. The van der Waals surface area contributed by atoms with Crippen molar-refractivity contribution in [1.29, 1.82) is 0 Å². The van der Waals surface area contributed by atoms with Crippen molar-refractivity contribution in [3.63, 3.8) is 0 Å². The van der Waals surface area contributed by atoms with E-state index >= 15 is 0 Å². The molecule has 5 aromatic rings. The molecule has 0 spiro atoms. The van der Waals surface area contributed by atoms with Crippen LogP contribution in [0, 0.1) is 0 Å². The highest BCUT2D eigenvalue weighted by molar-refractivity contribution is 6.35. The van der Waals surface area contributed by atoms with E-state index in [1.165, 1.54) is 0 Å². The molecule has 1 atom stereocenters. The Labute approximate surface area is 235 Å². The Balaban J connectivity index is 1.52. The van der Waals surface area contributed by atoms with Crippen molar-refractivity contribution in [2.24, 2.45) is 0 Å². The van der Waals surface area contributed by atoms with Crippen molar-refractivity contribution in [3.05, 3.63) is 106 Å². The minimum Gasteiger partial charge on any atom is -0.481 e. The summed E-state index contributed by atoms with van der Waals surface area (Å²) in [5, 5.41) is 18.4. The summed E-state index contributed by atoms with van der Waals surface area (Å²) < 4.78 is 1.91. The lowest BCUT2D eigenvalue weighted by Crippen LogP contribution is -2.26. The number of benzene rings is 3. The molecule has 9 heteroatoms. The van der Waals surface area contributed by atoms with E-state index in [0.717, 1.165) is 33.4 Å². The van der Waals surface area contributed by atoms with Gasteiger partial charge in [0.1, 0.15) is 0 Å². The van der Waals surface area contributed by atoms with Crippen LogP contribution in [-0.2, 0) is 4.79 Å². The zero-order valence-electron chi connectivity index (χ0n) is 20.9. The fourth-order valence-corrected chi connectivity index (χ4v) is 4.90. The zero-order valence-corrected chi connectivity index (χ0v) is 22.4. The van der Waals surface area contributed by atoms with Gasteiger partial charge in [-0.05, 0) is 61.0 Å². The summed E-state index contributed by atoms with van der Waals surface area (Å²) in [7, 11) is 0. The Kier molecular flexibility index (Phi) is 7.63. The standard InChI is InChI=1S/C30H24Cl2N4O3/c1-18(19-6-8-21(9-7-19)30(39)33-13-12-29(37)38)36-28(26-11-10-20-4-2-3-5-25(20)34-26)17-27(35-36)22-14-23(31)16-24(32)15-22/h2-11,14-18H,12-13H2,1H3,(H,33,39)(H,37,38). The van der Waals surface area contributed by atoms with Crippen LogP contribution in [0.2, 0.25) is 10.0 Å². The number of nitrogens with one attached hydrogen (secondary N) is 1. The minimum absolute atomic E-state index is 0.0675. The first-order chi connectivity index (χ1) is 18.8. The lowest BCUT2D eigenvalue weighted by atomic mass is 10.1. The van der Waals surface area contributed by atoms with Crippen LogP contribution in [-0.4, -0.2) is 38.3 Å². The number of aliphatic carboxylic acids is 1. The first kappa shape index (κ1) is 26.4. The summed E-state index contributed by atoms with van der Waals surface area (Å²) in [6.07, 6.45) is -0.133. The molecular weight excluding hydrogens is 535 g/mol. The van der Waals surface area contributed by atoms with E-state index in [0.29, 0.717) is 21.3 Å². The van der Waals surface area contributed by atoms with Crippen LogP contribution in [0.15, 0.2) is 84.9 Å². The number of carboxylic acid groups (broad SMARTS) is 1. The molecule has 39 heavy (non-hydrogen) atoms. The van der Waals surface area contributed by atoms with Crippen molar-refractivity contribution >= 4 is 46.0 Å². The second-order valence-electron chi connectivity index (χ2n) is 9.10. The van der Waals surface area contributed by atoms with Crippen molar-refractivity contribution in [3.8, 4) is 22.6 Å². The molecule has 2 aromatic heterocycles. The lowest BCUT2D eigenvalue weighted by Gasteiger charge is -2.17. The summed E-state index contributed by atoms with van der Waals surface area (Å²) in [5.74, 6) is -1.29. The van der Waals surface area contributed by atoms with Gasteiger partial charge in [0, 0.05) is 33.1 Å². The number of amides is 1. The van der Waals surface area contributed by atoms with Crippen molar-refractivity contribution in [1.82, 2.24) is 20.1 Å². The Morgan fingerprint density at radius 2 is 1.64 bits per heavy atom. The summed E-state index contributed by atoms with van der Waals surface area (Å²) in [5.41, 5.74) is 5.32. The molecule has 0 radical (unpaired) electrons. The molecule has 2 N–H and O–H groups in total. The molecule has 0 fully saturated rings. The van der Waals surface area contributed by atoms with Crippen molar-refractivity contribution in [2.45, 2.75) is 19.4 Å². The van der Waals surface area contributed by atoms with Gasteiger partial charge >= 0.3 is 5.97 Å². The smallest absolute Gasteiger partial charge is 0.305 e. The molecule has 0 bridgehead atoms. The largest absolute Gasteiger partial charge is 0.481 e. The number of halogens is 2. The number of para-hydroxylation sites is 1. The van der Waals surface area contributed by atoms with E-state index in [9.17, 15) is 9.59 Å². The summed E-state index contributed by atoms with van der Waals surface area (Å²) in [6, 6.07) is 26.2. The zero-order chi connectivity index (χ0) is 27.5. The summed E-state index contributed by atoms with van der Waals surface area (Å²) in [4.78, 5) is 28.0. The van der Waals surface area contributed by atoms with E-state index in [4.69, 9.17) is 38.4 Å². The third-order valence-corrected chi connectivity index (χ3v) is 6.84. The third kappa shape index (κ3) is 5.95. The van der Waals surface area contributed by atoms with E-state index in [-0.39, 0.29) is 24.9 Å². The van der Waals surface area contributed by atoms with Gasteiger partial charge in [-0.15, -0.1) is 0 Å². The van der Waals surface area contributed by atoms with Crippen LogP contribution in [0.1, 0.15) is 35.3 Å². The highest BCUT2D eigenvalue weighted by Crippen LogP contribution is 2.33. The molecule has 1 amide bonds. The maximum absolute atomic E-state index is 12.4. The van der Waals surface area contributed by atoms with Crippen LogP contribution in [0.3, 0.4) is 0 Å². The third-order valence-electron chi connectivity index (χ3n) is 6.40. The maximum atomic E-state index is 12.4. The molecule has 2 heterocycles. The fourth-order valence-electron chi connectivity index (χ4n) is 4.37. The monoisotopic (exact) mass is 558 g/mol. The van der Waals surface area contributed by atoms with Crippen LogP contribution in [0.4, 0.5) is 0 Å². The minimum atomic E-state index is -0.963. The topological polar surface area (TPSA) is 97.1 Å². The molecule has 5 rings (SSSR count). The van der Waals surface area contributed by atoms with Gasteiger partial charge in [-0.3, -0.25) is 14.3 Å². The number of fused-ring (bicyclic) bond motifs is 1. The second-order valence-corrected chi connectivity index (χ2v) is 9.98. The van der Waals surface area contributed by atoms with Gasteiger partial charge in [-0.25, -0.2) is 4.98 Å².